The van der Waals surface area contributed by atoms with Gasteiger partial charge in [0.2, 0.25) is 0 Å². The Morgan fingerprint density at radius 2 is 2.22 bits per heavy atom. The molecule has 2 unspecified atom stereocenters. The molecule has 98 valence electrons. The smallest absolute Gasteiger partial charge is 0.123 e. The minimum atomic E-state index is 0.219. The van der Waals surface area contributed by atoms with E-state index in [1.54, 1.807) is 0 Å². The lowest BCUT2D eigenvalue weighted by atomic mass is 10.0. The van der Waals surface area contributed by atoms with E-state index < -0.39 is 0 Å². The Hall–Kier alpha value is -1.28. The molecule has 2 atom stereocenters. The van der Waals surface area contributed by atoms with E-state index in [2.05, 4.69) is 37.3 Å². The van der Waals surface area contributed by atoms with Crippen LogP contribution in [0.25, 0.3) is 0 Å². The minimum Gasteiger partial charge on any atom is -0.486 e. The molecular formula is C16H23NO. The number of para-hydroxylation sites is 1. The molecule has 18 heavy (non-hydrogen) atoms. The Labute approximate surface area is 110 Å². The molecule has 1 aromatic carbocycles. The van der Waals surface area contributed by atoms with E-state index >= 15 is 0 Å². The van der Waals surface area contributed by atoms with Gasteiger partial charge in [0, 0.05) is 6.04 Å². The molecule has 2 heteroatoms. The highest BCUT2D eigenvalue weighted by Crippen LogP contribution is 2.24. The molecule has 0 fully saturated rings. The van der Waals surface area contributed by atoms with Crippen LogP contribution in [0, 0.1) is 0 Å². The molecule has 0 aromatic heterocycles. The van der Waals surface area contributed by atoms with Crippen LogP contribution in [0.15, 0.2) is 36.4 Å². The van der Waals surface area contributed by atoms with Gasteiger partial charge in [0.25, 0.3) is 0 Å². The topological polar surface area (TPSA) is 35.2 Å². The van der Waals surface area contributed by atoms with E-state index in [4.69, 9.17) is 10.5 Å². The van der Waals surface area contributed by atoms with Crippen LogP contribution in [0.4, 0.5) is 0 Å². The van der Waals surface area contributed by atoms with Gasteiger partial charge in [-0.05, 0) is 49.8 Å². The summed E-state index contributed by atoms with van der Waals surface area (Å²) in [6.45, 7) is 2.12. The van der Waals surface area contributed by atoms with Crippen molar-refractivity contribution in [1.82, 2.24) is 0 Å². The molecular weight excluding hydrogens is 222 g/mol. The Morgan fingerprint density at radius 1 is 1.39 bits per heavy atom. The quantitative estimate of drug-likeness (QED) is 0.806. The van der Waals surface area contributed by atoms with Gasteiger partial charge in [-0.1, -0.05) is 31.2 Å². The van der Waals surface area contributed by atoms with Gasteiger partial charge in [-0.15, -0.1) is 0 Å². The summed E-state index contributed by atoms with van der Waals surface area (Å²) >= 11 is 0. The fourth-order valence-electron chi connectivity index (χ4n) is 2.26. The van der Waals surface area contributed by atoms with Crippen LogP contribution in [0.1, 0.15) is 38.2 Å². The van der Waals surface area contributed by atoms with Gasteiger partial charge in [-0.2, -0.15) is 0 Å². The SMILES string of the molecule is CCC(N)Cc1ccccc1OC1C=CCCC1. The standard InChI is InChI=1S/C16H23NO/c1-2-14(17)12-13-8-6-7-11-16(13)18-15-9-4-3-5-10-15/h4,6-9,11,14-15H,2-3,5,10,12,17H2,1H3. The van der Waals surface area contributed by atoms with Crippen LogP contribution >= 0.6 is 0 Å². The summed E-state index contributed by atoms with van der Waals surface area (Å²) in [6, 6.07) is 8.48. The van der Waals surface area contributed by atoms with Crippen LogP contribution in [0.2, 0.25) is 0 Å². The largest absolute Gasteiger partial charge is 0.486 e. The summed E-state index contributed by atoms with van der Waals surface area (Å²) in [5.74, 6) is 0.998. The summed E-state index contributed by atoms with van der Waals surface area (Å²) in [5, 5.41) is 0. The molecule has 1 aromatic rings. The molecule has 0 aliphatic heterocycles. The second kappa shape index (κ2) is 6.60. The molecule has 2 N–H and O–H groups in total. The summed E-state index contributed by atoms with van der Waals surface area (Å²) in [4.78, 5) is 0. The number of hydrogen-bond donors (Lipinski definition) is 1. The van der Waals surface area contributed by atoms with Gasteiger partial charge in [-0.25, -0.2) is 0 Å². The van der Waals surface area contributed by atoms with Gasteiger partial charge < -0.3 is 10.5 Å². The molecule has 1 aliphatic carbocycles. The molecule has 0 amide bonds. The first-order valence-corrected chi connectivity index (χ1v) is 6.96. The summed E-state index contributed by atoms with van der Waals surface area (Å²) in [6.07, 6.45) is 10.0. The van der Waals surface area contributed by atoms with Crippen molar-refractivity contribution in [3.05, 3.63) is 42.0 Å². The van der Waals surface area contributed by atoms with Gasteiger partial charge >= 0.3 is 0 Å². The van der Waals surface area contributed by atoms with E-state index in [0.717, 1.165) is 25.0 Å². The first-order valence-electron chi connectivity index (χ1n) is 6.96. The van der Waals surface area contributed by atoms with Crippen molar-refractivity contribution in [1.29, 1.82) is 0 Å². The van der Waals surface area contributed by atoms with Crippen molar-refractivity contribution in [2.45, 2.75) is 51.2 Å². The molecule has 0 spiro atoms. The molecule has 0 radical (unpaired) electrons. The maximum atomic E-state index is 6.09. The Balaban J connectivity index is 2.06. The second-order valence-electron chi connectivity index (χ2n) is 5.00. The van der Waals surface area contributed by atoms with Crippen LogP contribution in [0.3, 0.4) is 0 Å². The molecule has 0 bridgehead atoms. The van der Waals surface area contributed by atoms with Crippen molar-refractivity contribution in [3.8, 4) is 5.75 Å². The summed E-state index contributed by atoms with van der Waals surface area (Å²) in [5.41, 5.74) is 7.27. The number of allylic oxidation sites excluding steroid dienone is 1. The van der Waals surface area contributed by atoms with Crippen molar-refractivity contribution in [2.24, 2.45) is 5.73 Å². The maximum absolute atomic E-state index is 6.09. The number of hydrogen-bond acceptors (Lipinski definition) is 2. The average Bonchev–Trinajstić information content (AvgIpc) is 2.42. The number of benzene rings is 1. The molecule has 2 nitrogen and oxygen atoms in total. The highest BCUT2D eigenvalue weighted by atomic mass is 16.5. The first-order chi connectivity index (χ1) is 8.79. The predicted molar refractivity (Wildman–Crippen MR) is 75.8 cm³/mol. The fourth-order valence-corrected chi connectivity index (χ4v) is 2.26. The Morgan fingerprint density at radius 3 is 2.94 bits per heavy atom. The first kappa shape index (κ1) is 13.2. The lowest BCUT2D eigenvalue weighted by Crippen LogP contribution is -2.22. The van der Waals surface area contributed by atoms with E-state index in [1.807, 2.05) is 6.07 Å². The minimum absolute atomic E-state index is 0.219. The summed E-state index contributed by atoms with van der Waals surface area (Å²) in [7, 11) is 0. The molecule has 0 saturated heterocycles. The second-order valence-corrected chi connectivity index (χ2v) is 5.00. The Bertz CT molecular complexity index is 400. The lowest BCUT2D eigenvalue weighted by Gasteiger charge is -2.21. The van der Waals surface area contributed by atoms with Crippen LogP contribution < -0.4 is 10.5 Å². The normalized spacial score (nSPS) is 20.7. The zero-order chi connectivity index (χ0) is 12.8. The molecule has 1 aliphatic rings. The number of rotatable bonds is 5. The van der Waals surface area contributed by atoms with Gasteiger partial charge in [0.05, 0.1) is 0 Å². The van der Waals surface area contributed by atoms with Gasteiger partial charge in [-0.3, -0.25) is 0 Å². The zero-order valence-corrected chi connectivity index (χ0v) is 11.1. The van der Waals surface area contributed by atoms with Crippen LogP contribution in [-0.2, 0) is 6.42 Å². The third kappa shape index (κ3) is 3.61. The fraction of sp³-hybridized carbons (Fsp3) is 0.500. The predicted octanol–water partition coefficient (Wildman–Crippen LogP) is 3.45. The van der Waals surface area contributed by atoms with Crippen molar-refractivity contribution < 1.29 is 4.74 Å². The summed E-state index contributed by atoms with van der Waals surface area (Å²) < 4.78 is 6.09. The van der Waals surface area contributed by atoms with Crippen molar-refractivity contribution in [2.75, 3.05) is 0 Å². The third-order valence-electron chi connectivity index (χ3n) is 3.47. The lowest BCUT2D eigenvalue weighted by molar-refractivity contribution is 0.227. The highest BCUT2D eigenvalue weighted by Gasteiger charge is 2.13. The maximum Gasteiger partial charge on any atom is 0.123 e. The monoisotopic (exact) mass is 245 g/mol. The zero-order valence-electron chi connectivity index (χ0n) is 11.1. The van der Waals surface area contributed by atoms with E-state index in [-0.39, 0.29) is 12.1 Å². The van der Waals surface area contributed by atoms with E-state index in [9.17, 15) is 0 Å². The van der Waals surface area contributed by atoms with Crippen LogP contribution in [0.5, 0.6) is 5.75 Å². The van der Waals surface area contributed by atoms with Crippen LogP contribution in [-0.4, -0.2) is 12.1 Å². The Kier molecular flexibility index (Phi) is 4.82. The van der Waals surface area contributed by atoms with Gasteiger partial charge in [0.1, 0.15) is 11.9 Å². The van der Waals surface area contributed by atoms with Gasteiger partial charge in [0.15, 0.2) is 0 Å². The number of nitrogens with two attached hydrogens (primary N) is 1. The van der Waals surface area contributed by atoms with Crippen molar-refractivity contribution in [3.63, 3.8) is 0 Å². The molecule has 0 heterocycles. The van der Waals surface area contributed by atoms with Crippen molar-refractivity contribution >= 4 is 0 Å². The van der Waals surface area contributed by atoms with E-state index in [0.29, 0.717) is 0 Å². The number of ether oxygens (including phenoxy) is 1. The molecule has 2 rings (SSSR count). The molecule has 0 saturated carbocycles. The highest BCUT2D eigenvalue weighted by molar-refractivity contribution is 5.34. The average molecular weight is 245 g/mol. The van der Waals surface area contributed by atoms with E-state index in [1.165, 1.54) is 18.4 Å². The third-order valence-corrected chi connectivity index (χ3v) is 3.47.